The largest absolute Gasteiger partial charge is 0.327 e. The van der Waals surface area contributed by atoms with Crippen molar-refractivity contribution < 1.29 is 0 Å². The van der Waals surface area contributed by atoms with Crippen LogP contribution in [0.1, 0.15) is 38.8 Å². The molecule has 2 rings (SSSR count). The molecule has 1 aromatic rings. The zero-order valence-electron chi connectivity index (χ0n) is 12.8. The van der Waals surface area contributed by atoms with Crippen LogP contribution < -0.4 is 5.73 Å². The molecule has 106 valence electrons. The van der Waals surface area contributed by atoms with Gasteiger partial charge in [-0.05, 0) is 36.3 Å². The molecule has 0 saturated carbocycles. The van der Waals surface area contributed by atoms with E-state index in [1.807, 2.05) is 0 Å². The highest BCUT2D eigenvalue weighted by Crippen LogP contribution is 2.28. The Labute approximate surface area is 118 Å². The van der Waals surface area contributed by atoms with Gasteiger partial charge >= 0.3 is 0 Å². The summed E-state index contributed by atoms with van der Waals surface area (Å²) < 4.78 is 0. The molecule has 0 amide bonds. The standard InChI is InChI=1S/C17H28N2/c1-13(18)16(17(2,3)4)19-11-9-14-7-5-6-8-15(14)10-12-19/h5-8,13,16H,9-12,18H2,1-4H3. The fraction of sp³-hybridized carbons (Fsp3) is 0.647. The van der Waals surface area contributed by atoms with E-state index in [-0.39, 0.29) is 11.5 Å². The quantitative estimate of drug-likeness (QED) is 0.886. The summed E-state index contributed by atoms with van der Waals surface area (Å²) in [5, 5.41) is 0. The molecule has 2 unspecified atom stereocenters. The summed E-state index contributed by atoms with van der Waals surface area (Å²) in [6.45, 7) is 11.3. The molecule has 2 heteroatoms. The predicted octanol–water partition coefficient (Wildman–Crippen LogP) is 2.85. The second kappa shape index (κ2) is 5.64. The predicted molar refractivity (Wildman–Crippen MR) is 82.3 cm³/mol. The van der Waals surface area contributed by atoms with Crippen molar-refractivity contribution in [3.8, 4) is 0 Å². The van der Waals surface area contributed by atoms with Crippen molar-refractivity contribution in [3.63, 3.8) is 0 Å². The summed E-state index contributed by atoms with van der Waals surface area (Å²) in [5.74, 6) is 0. The van der Waals surface area contributed by atoms with Crippen LogP contribution in [0.5, 0.6) is 0 Å². The van der Waals surface area contributed by atoms with Gasteiger partial charge in [0.2, 0.25) is 0 Å². The van der Waals surface area contributed by atoms with E-state index >= 15 is 0 Å². The van der Waals surface area contributed by atoms with Crippen LogP contribution in [0, 0.1) is 5.41 Å². The van der Waals surface area contributed by atoms with Crippen LogP contribution in [0.15, 0.2) is 24.3 Å². The van der Waals surface area contributed by atoms with Gasteiger partial charge in [-0.1, -0.05) is 45.0 Å². The summed E-state index contributed by atoms with van der Waals surface area (Å²) in [7, 11) is 0. The lowest BCUT2D eigenvalue weighted by Gasteiger charge is -2.42. The van der Waals surface area contributed by atoms with E-state index in [9.17, 15) is 0 Å². The molecular formula is C17H28N2. The molecule has 0 aliphatic carbocycles. The van der Waals surface area contributed by atoms with Gasteiger partial charge in [-0.25, -0.2) is 0 Å². The fourth-order valence-electron chi connectivity index (χ4n) is 3.63. The fourth-order valence-corrected chi connectivity index (χ4v) is 3.63. The first-order valence-electron chi connectivity index (χ1n) is 7.46. The van der Waals surface area contributed by atoms with Crippen molar-refractivity contribution in [1.82, 2.24) is 4.90 Å². The maximum atomic E-state index is 6.27. The van der Waals surface area contributed by atoms with Gasteiger partial charge in [0.25, 0.3) is 0 Å². The van der Waals surface area contributed by atoms with Crippen molar-refractivity contribution in [2.45, 2.75) is 52.6 Å². The van der Waals surface area contributed by atoms with Crippen molar-refractivity contribution in [2.24, 2.45) is 11.1 Å². The Morgan fingerprint density at radius 2 is 1.53 bits per heavy atom. The third-order valence-electron chi connectivity index (χ3n) is 4.23. The average Bonchev–Trinajstić information content (AvgIpc) is 2.50. The molecule has 1 aromatic carbocycles. The highest BCUT2D eigenvalue weighted by molar-refractivity contribution is 5.28. The Morgan fingerprint density at radius 1 is 1.05 bits per heavy atom. The minimum absolute atomic E-state index is 0.209. The molecule has 0 fully saturated rings. The van der Waals surface area contributed by atoms with Crippen LogP contribution in [0.3, 0.4) is 0 Å². The average molecular weight is 260 g/mol. The molecule has 0 bridgehead atoms. The van der Waals surface area contributed by atoms with Gasteiger partial charge in [-0.3, -0.25) is 4.90 Å². The van der Waals surface area contributed by atoms with E-state index in [2.05, 4.69) is 56.9 Å². The summed E-state index contributed by atoms with van der Waals surface area (Å²) in [4.78, 5) is 2.60. The van der Waals surface area contributed by atoms with Gasteiger partial charge in [0.15, 0.2) is 0 Å². The number of fused-ring (bicyclic) bond motifs is 1. The van der Waals surface area contributed by atoms with Gasteiger partial charge in [0.1, 0.15) is 0 Å². The number of nitrogens with zero attached hydrogens (tertiary/aromatic N) is 1. The Balaban J connectivity index is 2.16. The van der Waals surface area contributed by atoms with E-state index in [4.69, 9.17) is 5.73 Å². The first-order valence-corrected chi connectivity index (χ1v) is 7.46. The Kier molecular flexibility index (Phi) is 4.32. The maximum Gasteiger partial charge on any atom is 0.0293 e. The maximum absolute atomic E-state index is 6.27. The van der Waals surface area contributed by atoms with Gasteiger partial charge in [0, 0.05) is 25.2 Å². The minimum Gasteiger partial charge on any atom is -0.327 e. The SMILES string of the molecule is CC(N)C(N1CCc2ccccc2CC1)C(C)(C)C. The lowest BCUT2D eigenvalue weighted by Crippen LogP contribution is -2.54. The van der Waals surface area contributed by atoms with Crippen LogP contribution in [0.2, 0.25) is 0 Å². The van der Waals surface area contributed by atoms with Gasteiger partial charge in [-0.2, -0.15) is 0 Å². The summed E-state index contributed by atoms with van der Waals surface area (Å²) >= 11 is 0. The molecule has 0 radical (unpaired) electrons. The molecule has 0 spiro atoms. The molecule has 2 N–H and O–H groups in total. The Hall–Kier alpha value is -0.860. The van der Waals surface area contributed by atoms with Crippen LogP contribution >= 0.6 is 0 Å². The smallest absolute Gasteiger partial charge is 0.0293 e. The Morgan fingerprint density at radius 3 is 1.89 bits per heavy atom. The third kappa shape index (κ3) is 3.37. The van der Waals surface area contributed by atoms with Crippen LogP contribution in [-0.2, 0) is 12.8 Å². The molecule has 2 nitrogen and oxygen atoms in total. The zero-order valence-corrected chi connectivity index (χ0v) is 12.8. The summed E-state index contributed by atoms with van der Waals surface area (Å²) in [6.07, 6.45) is 2.30. The van der Waals surface area contributed by atoms with E-state index in [0.29, 0.717) is 6.04 Å². The lowest BCUT2D eigenvalue weighted by molar-refractivity contribution is 0.0859. The monoisotopic (exact) mass is 260 g/mol. The van der Waals surface area contributed by atoms with Crippen molar-refractivity contribution in [1.29, 1.82) is 0 Å². The van der Waals surface area contributed by atoms with E-state index in [0.717, 1.165) is 25.9 Å². The summed E-state index contributed by atoms with van der Waals surface area (Å²) in [5.41, 5.74) is 9.53. The van der Waals surface area contributed by atoms with Crippen LogP contribution in [0.25, 0.3) is 0 Å². The topological polar surface area (TPSA) is 29.3 Å². The molecule has 19 heavy (non-hydrogen) atoms. The van der Waals surface area contributed by atoms with Crippen molar-refractivity contribution in [2.75, 3.05) is 13.1 Å². The molecular weight excluding hydrogens is 232 g/mol. The van der Waals surface area contributed by atoms with Crippen LogP contribution in [-0.4, -0.2) is 30.1 Å². The third-order valence-corrected chi connectivity index (χ3v) is 4.23. The van der Waals surface area contributed by atoms with Gasteiger partial charge in [-0.15, -0.1) is 0 Å². The molecule has 1 aliphatic rings. The second-order valence-electron chi connectivity index (χ2n) is 6.97. The number of hydrogen-bond acceptors (Lipinski definition) is 2. The Bertz CT molecular complexity index is 391. The molecule has 0 saturated heterocycles. The molecule has 1 aliphatic heterocycles. The molecule has 2 atom stereocenters. The van der Waals surface area contributed by atoms with Gasteiger partial charge in [0.05, 0.1) is 0 Å². The zero-order chi connectivity index (χ0) is 14.0. The molecule has 0 aromatic heterocycles. The van der Waals surface area contributed by atoms with E-state index < -0.39 is 0 Å². The number of hydrogen-bond donors (Lipinski definition) is 1. The van der Waals surface area contributed by atoms with Crippen molar-refractivity contribution >= 4 is 0 Å². The number of nitrogens with two attached hydrogens (primary N) is 1. The van der Waals surface area contributed by atoms with Crippen LogP contribution in [0.4, 0.5) is 0 Å². The highest BCUT2D eigenvalue weighted by Gasteiger charge is 2.33. The first-order chi connectivity index (χ1) is 8.89. The normalized spacial score (nSPS) is 20.5. The number of rotatable bonds is 2. The highest BCUT2D eigenvalue weighted by atomic mass is 15.2. The lowest BCUT2D eigenvalue weighted by atomic mass is 9.81. The van der Waals surface area contributed by atoms with Gasteiger partial charge < -0.3 is 5.73 Å². The number of benzene rings is 1. The summed E-state index contributed by atoms with van der Waals surface area (Å²) in [6, 6.07) is 9.51. The van der Waals surface area contributed by atoms with E-state index in [1.54, 1.807) is 0 Å². The molecule has 1 heterocycles. The minimum atomic E-state index is 0.209. The van der Waals surface area contributed by atoms with Crippen molar-refractivity contribution in [3.05, 3.63) is 35.4 Å². The second-order valence-corrected chi connectivity index (χ2v) is 6.97. The first kappa shape index (κ1) is 14.5. The van der Waals surface area contributed by atoms with E-state index in [1.165, 1.54) is 11.1 Å².